The lowest BCUT2D eigenvalue weighted by molar-refractivity contribution is -0.130. The molecule has 2 rings (SSSR count). The number of carbonyl (C=O) groups is 1. The van der Waals surface area contributed by atoms with E-state index in [1.54, 1.807) is 11.0 Å². The molecule has 0 spiro atoms. The van der Waals surface area contributed by atoms with E-state index in [1.807, 2.05) is 12.1 Å². The van der Waals surface area contributed by atoms with Crippen molar-refractivity contribution in [3.05, 3.63) is 41.0 Å². The maximum Gasteiger partial charge on any atom is 0.246 e. The highest BCUT2D eigenvalue weighted by Gasteiger charge is 2.24. The van der Waals surface area contributed by atoms with Gasteiger partial charge in [0.1, 0.15) is 0 Å². The van der Waals surface area contributed by atoms with Gasteiger partial charge < -0.3 is 10.0 Å². The van der Waals surface area contributed by atoms with Crippen LogP contribution in [0.4, 0.5) is 0 Å². The molecule has 20 heavy (non-hydrogen) atoms. The summed E-state index contributed by atoms with van der Waals surface area (Å²) in [4.78, 5) is 14.0. The van der Waals surface area contributed by atoms with Gasteiger partial charge in [0.15, 0.2) is 0 Å². The molecule has 0 saturated carbocycles. The maximum atomic E-state index is 12.2. The summed E-state index contributed by atoms with van der Waals surface area (Å²) in [7, 11) is 0. The Morgan fingerprint density at radius 2 is 2.20 bits per heavy atom. The Morgan fingerprint density at radius 3 is 2.90 bits per heavy atom. The molecule has 1 heterocycles. The van der Waals surface area contributed by atoms with E-state index >= 15 is 0 Å². The van der Waals surface area contributed by atoms with Crippen LogP contribution in [0, 0.1) is 13.8 Å². The van der Waals surface area contributed by atoms with Gasteiger partial charge in [-0.3, -0.25) is 4.79 Å². The molecule has 0 aliphatic carbocycles. The number of nitrogens with zero attached hydrogens (tertiary/aromatic N) is 1. The SMILES string of the molecule is Cc1ccc(/C=C/C(=O)N2CCCCC2CO)c(C)c1. The van der Waals surface area contributed by atoms with Crippen LogP contribution in [0.5, 0.6) is 0 Å². The fourth-order valence-corrected chi connectivity index (χ4v) is 2.75. The van der Waals surface area contributed by atoms with Crippen molar-refractivity contribution in [1.82, 2.24) is 4.90 Å². The minimum absolute atomic E-state index is 0.00345. The van der Waals surface area contributed by atoms with Crippen molar-refractivity contribution in [2.24, 2.45) is 0 Å². The van der Waals surface area contributed by atoms with Gasteiger partial charge in [0.25, 0.3) is 0 Å². The van der Waals surface area contributed by atoms with Gasteiger partial charge in [-0.05, 0) is 50.3 Å². The number of aliphatic hydroxyl groups excluding tert-OH is 1. The Hall–Kier alpha value is -1.61. The van der Waals surface area contributed by atoms with E-state index in [0.717, 1.165) is 31.4 Å². The quantitative estimate of drug-likeness (QED) is 0.860. The minimum Gasteiger partial charge on any atom is -0.394 e. The Labute approximate surface area is 120 Å². The van der Waals surface area contributed by atoms with Gasteiger partial charge in [0.2, 0.25) is 5.91 Å². The lowest BCUT2D eigenvalue weighted by Gasteiger charge is -2.33. The number of hydrogen-bond donors (Lipinski definition) is 1. The van der Waals surface area contributed by atoms with Gasteiger partial charge in [-0.15, -0.1) is 0 Å². The number of aryl methyl sites for hydroxylation is 2. The number of piperidine rings is 1. The number of hydrogen-bond acceptors (Lipinski definition) is 2. The lowest BCUT2D eigenvalue weighted by atomic mass is 10.0. The molecule has 108 valence electrons. The molecule has 1 aromatic rings. The average Bonchev–Trinajstić information content (AvgIpc) is 2.46. The maximum absolute atomic E-state index is 12.2. The zero-order valence-electron chi connectivity index (χ0n) is 12.3. The Morgan fingerprint density at radius 1 is 1.40 bits per heavy atom. The van der Waals surface area contributed by atoms with Crippen LogP contribution in [0.1, 0.15) is 36.0 Å². The van der Waals surface area contributed by atoms with Crippen molar-refractivity contribution in [3.63, 3.8) is 0 Å². The molecule has 1 aliphatic rings. The zero-order valence-corrected chi connectivity index (χ0v) is 12.3. The summed E-state index contributed by atoms with van der Waals surface area (Å²) >= 11 is 0. The first-order valence-corrected chi connectivity index (χ1v) is 7.28. The molecule has 1 atom stereocenters. The van der Waals surface area contributed by atoms with E-state index in [1.165, 1.54) is 11.1 Å². The van der Waals surface area contributed by atoms with Gasteiger partial charge in [-0.1, -0.05) is 23.8 Å². The second-order valence-corrected chi connectivity index (χ2v) is 5.56. The molecule has 0 bridgehead atoms. The van der Waals surface area contributed by atoms with Crippen molar-refractivity contribution in [2.45, 2.75) is 39.2 Å². The topological polar surface area (TPSA) is 40.5 Å². The van der Waals surface area contributed by atoms with E-state index < -0.39 is 0 Å². The van der Waals surface area contributed by atoms with Gasteiger partial charge in [-0.25, -0.2) is 0 Å². The third-order valence-corrected chi connectivity index (χ3v) is 3.95. The molecule has 1 unspecified atom stereocenters. The van der Waals surface area contributed by atoms with Crippen LogP contribution in [0.3, 0.4) is 0 Å². The van der Waals surface area contributed by atoms with Gasteiger partial charge >= 0.3 is 0 Å². The molecule has 1 fully saturated rings. The zero-order chi connectivity index (χ0) is 14.5. The highest BCUT2D eigenvalue weighted by molar-refractivity contribution is 5.92. The summed E-state index contributed by atoms with van der Waals surface area (Å²) in [6.45, 7) is 4.92. The second kappa shape index (κ2) is 6.71. The van der Waals surface area contributed by atoms with E-state index in [4.69, 9.17) is 0 Å². The molecular weight excluding hydrogens is 250 g/mol. The number of carbonyl (C=O) groups excluding carboxylic acids is 1. The fourth-order valence-electron chi connectivity index (χ4n) is 2.75. The van der Waals surface area contributed by atoms with E-state index in [9.17, 15) is 9.90 Å². The first-order valence-electron chi connectivity index (χ1n) is 7.28. The third kappa shape index (κ3) is 3.48. The van der Waals surface area contributed by atoms with E-state index in [-0.39, 0.29) is 18.6 Å². The van der Waals surface area contributed by atoms with Crippen LogP contribution in [0.2, 0.25) is 0 Å². The lowest BCUT2D eigenvalue weighted by Crippen LogP contribution is -2.44. The van der Waals surface area contributed by atoms with Crippen molar-refractivity contribution < 1.29 is 9.90 Å². The first kappa shape index (κ1) is 14.8. The number of aliphatic hydroxyl groups is 1. The van der Waals surface area contributed by atoms with E-state index in [0.29, 0.717) is 0 Å². The number of benzene rings is 1. The standard InChI is InChI=1S/C17H23NO2/c1-13-6-7-15(14(2)11-13)8-9-17(20)18-10-4-3-5-16(18)12-19/h6-9,11,16,19H,3-5,10,12H2,1-2H3/b9-8+. The summed E-state index contributed by atoms with van der Waals surface area (Å²) < 4.78 is 0. The monoisotopic (exact) mass is 273 g/mol. The number of likely N-dealkylation sites (tertiary alicyclic amines) is 1. The molecule has 3 heteroatoms. The van der Waals surface area contributed by atoms with Crippen molar-refractivity contribution in [2.75, 3.05) is 13.2 Å². The molecule has 0 aromatic heterocycles. The van der Waals surface area contributed by atoms with Crippen LogP contribution in [-0.4, -0.2) is 35.1 Å². The summed E-state index contributed by atoms with van der Waals surface area (Å²) in [5.41, 5.74) is 3.47. The predicted molar refractivity (Wildman–Crippen MR) is 81.4 cm³/mol. The van der Waals surface area contributed by atoms with Crippen molar-refractivity contribution >= 4 is 12.0 Å². The van der Waals surface area contributed by atoms with Crippen LogP contribution < -0.4 is 0 Å². The molecule has 1 saturated heterocycles. The van der Waals surface area contributed by atoms with Crippen molar-refractivity contribution in [1.29, 1.82) is 0 Å². The minimum atomic E-state index is -0.0139. The molecule has 3 nitrogen and oxygen atoms in total. The van der Waals surface area contributed by atoms with E-state index in [2.05, 4.69) is 26.0 Å². The number of amides is 1. The van der Waals surface area contributed by atoms with Gasteiger partial charge in [0, 0.05) is 12.6 Å². The molecule has 0 radical (unpaired) electrons. The van der Waals surface area contributed by atoms with Crippen LogP contribution >= 0.6 is 0 Å². The summed E-state index contributed by atoms with van der Waals surface area (Å²) in [5.74, 6) is 0.00345. The van der Waals surface area contributed by atoms with Crippen LogP contribution in [-0.2, 0) is 4.79 Å². The smallest absolute Gasteiger partial charge is 0.246 e. The van der Waals surface area contributed by atoms with Crippen LogP contribution in [0.25, 0.3) is 6.08 Å². The highest BCUT2D eigenvalue weighted by Crippen LogP contribution is 2.18. The van der Waals surface area contributed by atoms with Crippen molar-refractivity contribution in [3.8, 4) is 0 Å². The Kier molecular flexibility index (Phi) is 4.96. The van der Waals surface area contributed by atoms with Crippen LogP contribution in [0.15, 0.2) is 24.3 Å². The molecule has 1 aromatic carbocycles. The Balaban J connectivity index is 2.08. The molecule has 1 N–H and O–H groups in total. The first-order chi connectivity index (χ1) is 9.61. The normalized spacial score (nSPS) is 19.6. The highest BCUT2D eigenvalue weighted by atomic mass is 16.3. The van der Waals surface area contributed by atoms with Gasteiger partial charge in [-0.2, -0.15) is 0 Å². The fraction of sp³-hybridized carbons (Fsp3) is 0.471. The average molecular weight is 273 g/mol. The summed E-state index contributed by atoms with van der Waals surface area (Å²) in [6, 6.07) is 6.18. The predicted octanol–water partition coefficient (Wildman–Crippen LogP) is 2.69. The largest absolute Gasteiger partial charge is 0.394 e. The molecule has 1 amide bonds. The molecule has 1 aliphatic heterocycles. The second-order valence-electron chi connectivity index (χ2n) is 5.56. The number of rotatable bonds is 3. The molecular formula is C17H23NO2. The summed E-state index contributed by atoms with van der Waals surface area (Å²) in [5, 5.41) is 9.35. The summed E-state index contributed by atoms with van der Waals surface area (Å²) in [6.07, 6.45) is 6.53. The third-order valence-electron chi connectivity index (χ3n) is 3.95. The Bertz CT molecular complexity index is 508. The van der Waals surface area contributed by atoms with Gasteiger partial charge in [0.05, 0.1) is 12.6 Å².